The molecule has 1 aromatic heterocycles. The van der Waals surface area contributed by atoms with Gasteiger partial charge in [0.05, 0.1) is 5.69 Å². The number of aryl methyl sites for hydroxylation is 1. The summed E-state index contributed by atoms with van der Waals surface area (Å²) in [6.45, 7) is 1.99. The first-order valence-corrected chi connectivity index (χ1v) is 7.12. The van der Waals surface area contributed by atoms with Gasteiger partial charge in [-0.3, -0.25) is 0 Å². The molecule has 0 radical (unpaired) electrons. The number of nitrogens with zero attached hydrogens (tertiary/aromatic N) is 2. The molecule has 0 atom stereocenters. The zero-order valence-electron chi connectivity index (χ0n) is 12.5. The summed E-state index contributed by atoms with van der Waals surface area (Å²) in [6, 6.07) is 17.9. The van der Waals surface area contributed by atoms with Crippen molar-refractivity contribution in [1.82, 2.24) is 4.98 Å². The van der Waals surface area contributed by atoms with E-state index in [0.29, 0.717) is 22.4 Å². The van der Waals surface area contributed by atoms with Crippen LogP contribution in [0.4, 0.5) is 10.2 Å². The Balaban J connectivity index is 2.25. The van der Waals surface area contributed by atoms with E-state index >= 15 is 0 Å². The molecule has 3 rings (SSSR count). The number of nitriles is 1. The first-order valence-electron chi connectivity index (χ1n) is 7.12. The number of nitrogens with two attached hydrogens (primary N) is 1. The summed E-state index contributed by atoms with van der Waals surface area (Å²) in [4.78, 5) is 4.19. The maximum Gasteiger partial charge on any atom is 0.142 e. The number of nitrogen functional groups attached to an aromatic ring is 1. The van der Waals surface area contributed by atoms with Gasteiger partial charge in [-0.2, -0.15) is 5.26 Å². The van der Waals surface area contributed by atoms with E-state index in [4.69, 9.17) is 5.73 Å². The second-order valence-electron chi connectivity index (χ2n) is 5.27. The lowest BCUT2D eigenvalue weighted by Crippen LogP contribution is -2.00. The average Bonchev–Trinajstić information content (AvgIpc) is 2.55. The van der Waals surface area contributed by atoms with Gasteiger partial charge < -0.3 is 5.73 Å². The Morgan fingerprint density at radius 3 is 2.39 bits per heavy atom. The van der Waals surface area contributed by atoms with Gasteiger partial charge in [0.15, 0.2) is 0 Å². The minimum atomic E-state index is -0.376. The molecule has 2 aromatic carbocycles. The molecule has 23 heavy (non-hydrogen) atoms. The molecular weight excluding hydrogens is 289 g/mol. The van der Waals surface area contributed by atoms with Crippen molar-refractivity contribution in [3.8, 4) is 28.5 Å². The van der Waals surface area contributed by atoms with Crippen LogP contribution in [0.2, 0.25) is 0 Å². The smallest absolute Gasteiger partial charge is 0.142 e. The van der Waals surface area contributed by atoms with Gasteiger partial charge in [0, 0.05) is 11.1 Å². The third kappa shape index (κ3) is 2.77. The molecule has 2 N–H and O–H groups in total. The van der Waals surface area contributed by atoms with Crippen molar-refractivity contribution in [1.29, 1.82) is 5.26 Å². The second kappa shape index (κ2) is 5.90. The van der Waals surface area contributed by atoms with Gasteiger partial charge >= 0.3 is 0 Å². The van der Waals surface area contributed by atoms with E-state index in [1.807, 2.05) is 31.2 Å². The molecule has 3 aromatic rings. The van der Waals surface area contributed by atoms with Crippen molar-refractivity contribution in [3.63, 3.8) is 0 Å². The van der Waals surface area contributed by atoms with Crippen molar-refractivity contribution < 1.29 is 4.39 Å². The fraction of sp³-hybridized carbons (Fsp3) is 0.0526. The number of rotatable bonds is 2. The number of hydrogen-bond acceptors (Lipinski definition) is 3. The minimum Gasteiger partial charge on any atom is -0.383 e. The van der Waals surface area contributed by atoms with E-state index in [1.165, 1.54) is 6.07 Å². The third-order valence-corrected chi connectivity index (χ3v) is 3.67. The Kier molecular flexibility index (Phi) is 3.78. The Morgan fingerprint density at radius 2 is 1.74 bits per heavy atom. The van der Waals surface area contributed by atoms with Crippen LogP contribution in [0.5, 0.6) is 0 Å². The molecule has 0 amide bonds. The highest BCUT2D eigenvalue weighted by molar-refractivity contribution is 5.80. The minimum absolute atomic E-state index is 0.101. The highest BCUT2D eigenvalue weighted by atomic mass is 19.1. The molecule has 0 unspecified atom stereocenters. The van der Waals surface area contributed by atoms with Crippen LogP contribution in [0.25, 0.3) is 22.4 Å². The Hall–Kier alpha value is -3.19. The summed E-state index contributed by atoms with van der Waals surface area (Å²) >= 11 is 0. The SMILES string of the molecule is Cc1ccc(-c2cc(-c3ccccc3F)nc(N)c2C#N)cc1. The van der Waals surface area contributed by atoms with Crippen molar-refractivity contribution in [3.05, 3.63) is 71.5 Å². The Bertz CT molecular complexity index is 909. The molecule has 0 bridgehead atoms. The molecule has 0 aliphatic carbocycles. The van der Waals surface area contributed by atoms with Crippen molar-refractivity contribution in [2.24, 2.45) is 0 Å². The first-order chi connectivity index (χ1) is 11.1. The van der Waals surface area contributed by atoms with Gasteiger partial charge in [-0.05, 0) is 30.7 Å². The highest BCUT2D eigenvalue weighted by Crippen LogP contribution is 2.32. The van der Waals surface area contributed by atoms with Crippen LogP contribution >= 0.6 is 0 Å². The molecule has 0 spiro atoms. The van der Waals surface area contributed by atoms with Crippen LogP contribution in [-0.4, -0.2) is 4.98 Å². The van der Waals surface area contributed by atoms with Crippen LogP contribution in [0.3, 0.4) is 0 Å². The van der Waals surface area contributed by atoms with Gasteiger partial charge in [0.2, 0.25) is 0 Å². The third-order valence-electron chi connectivity index (χ3n) is 3.67. The fourth-order valence-corrected chi connectivity index (χ4v) is 2.45. The topological polar surface area (TPSA) is 62.7 Å². The summed E-state index contributed by atoms with van der Waals surface area (Å²) in [6.07, 6.45) is 0. The summed E-state index contributed by atoms with van der Waals surface area (Å²) in [5.74, 6) is -0.275. The molecule has 0 aliphatic heterocycles. The Morgan fingerprint density at radius 1 is 1.04 bits per heavy atom. The molecule has 0 fully saturated rings. The number of pyridine rings is 1. The lowest BCUT2D eigenvalue weighted by atomic mass is 9.97. The lowest BCUT2D eigenvalue weighted by Gasteiger charge is -2.11. The van der Waals surface area contributed by atoms with Gasteiger partial charge in [-0.1, -0.05) is 42.0 Å². The van der Waals surface area contributed by atoms with Crippen molar-refractivity contribution in [2.75, 3.05) is 5.73 Å². The molecule has 1 heterocycles. The van der Waals surface area contributed by atoms with Crippen molar-refractivity contribution >= 4 is 5.82 Å². The molecule has 3 nitrogen and oxygen atoms in total. The molecule has 112 valence electrons. The number of halogens is 1. The predicted octanol–water partition coefficient (Wildman–Crippen LogP) is 4.32. The van der Waals surface area contributed by atoms with Gasteiger partial charge in [0.1, 0.15) is 23.3 Å². The number of hydrogen-bond donors (Lipinski definition) is 1. The van der Waals surface area contributed by atoms with Crippen molar-refractivity contribution in [2.45, 2.75) is 6.92 Å². The normalized spacial score (nSPS) is 10.3. The lowest BCUT2D eigenvalue weighted by molar-refractivity contribution is 0.631. The maximum atomic E-state index is 14.0. The van der Waals surface area contributed by atoms with Crippen LogP contribution in [0.1, 0.15) is 11.1 Å². The number of benzene rings is 2. The molecule has 4 heteroatoms. The van der Waals surface area contributed by atoms with Gasteiger partial charge in [-0.25, -0.2) is 9.37 Å². The van der Waals surface area contributed by atoms with Gasteiger partial charge in [-0.15, -0.1) is 0 Å². The van der Waals surface area contributed by atoms with Gasteiger partial charge in [0.25, 0.3) is 0 Å². The molecule has 0 saturated carbocycles. The fourth-order valence-electron chi connectivity index (χ4n) is 2.45. The van der Waals surface area contributed by atoms with E-state index in [1.54, 1.807) is 24.3 Å². The van der Waals surface area contributed by atoms with Crippen LogP contribution in [0, 0.1) is 24.1 Å². The summed E-state index contributed by atoms with van der Waals surface area (Å²) < 4.78 is 14.0. The first kappa shape index (κ1) is 14.7. The average molecular weight is 303 g/mol. The summed E-state index contributed by atoms with van der Waals surface area (Å²) in [5.41, 5.74) is 9.61. The number of aromatic nitrogens is 1. The highest BCUT2D eigenvalue weighted by Gasteiger charge is 2.15. The number of anilines is 1. The quantitative estimate of drug-likeness (QED) is 0.767. The monoisotopic (exact) mass is 303 g/mol. The zero-order chi connectivity index (χ0) is 16.4. The van der Waals surface area contributed by atoms with E-state index in [2.05, 4.69) is 11.1 Å². The van der Waals surface area contributed by atoms with E-state index in [-0.39, 0.29) is 11.6 Å². The van der Waals surface area contributed by atoms with Crippen LogP contribution < -0.4 is 5.73 Å². The van der Waals surface area contributed by atoms with E-state index < -0.39 is 0 Å². The zero-order valence-corrected chi connectivity index (χ0v) is 12.5. The molecule has 0 saturated heterocycles. The Labute approximate surface area is 133 Å². The maximum absolute atomic E-state index is 14.0. The van der Waals surface area contributed by atoms with E-state index in [0.717, 1.165) is 11.1 Å². The molecular formula is C19H14FN3. The standard InChI is InChI=1S/C19H14FN3/c1-12-6-8-13(9-7-12)15-10-18(23-19(22)16(15)11-21)14-4-2-3-5-17(14)20/h2-10H,1H3,(H2,22,23). The predicted molar refractivity (Wildman–Crippen MR) is 88.9 cm³/mol. The molecule has 0 aliphatic rings. The second-order valence-corrected chi connectivity index (χ2v) is 5.27. The summed E-state index contributed by atoms with van der Waals surface area (Å²) in [5, 5.41) is 9.39. The van der Waals surface area contributed by atoms with Crippen LogP contribution in [-0.2, 0) is 0 Å². The van der Waals surface area contributed by atoms with Crippen LogP contribution in [0.15, 0.2) is 54.6 Å². The summed E-state index contributed by atoms with van der Waals surface area (Å²) in [7, 11) is 0. The van der Waals surface area contributed by atoms with E-state index in [9.17, 15) is 9.65 Å². The largest absolute Gasteiger partial charge is 0.383 e.